The van der Waals surface area contributed by atoms with Gasteiger partial charge < -0.3 is 20.3 Å². The molecule has 6 heteroatoms. The van der Waals surface area contributed by atoms with Crippen LogP contribution in [-0.2, 0) is 0 Å². The summed E-state index contributed by atoms with van der Waals surface area (Å²) in [4.78, 5) is 27.1. The van der Waals surface area contributed by atoms with E-state index in [9.17, 15) is 9.59 Å². The topological polar surface area (TPSA) is 70.7 Å². The quantitative estimate of drug-likeness (QED) is 0.478. The maximum atomic E-state index is 12.5. The molecule has 32 heavy (non-hydrogen) atoms. The summed E-state index contributed by atoms with van der Waals surface area (Å²) >= 11 is 0. The van der Waals surface area contributed by atoms with E-state index in [1.54, 1.807) is 36.4 Å². The van der Waals surface area contributed by atoms with Gasteiger partial charge in [-0.1, -0.05) is 32.0 Å². The predicted octanol–water partition coefficient (Wildman–Crippen LogP) is 4.91. The van der Waals surface area contributed by atoms with Crippen molar-refractivity contribution in [3.63, 3.8) is 0 Å². The number of rotatable bonds is 10. The maximum Gasteiger partial charge on any atom is 0.255 e. The van der Waals surface area contributed by atoms with E-state index >= 15 is 0 Å². The SMILES string of the molecule is CCN(CC)CCOc1ccc(NC(=O)c2ccc(NC(=O)c3ccccc3)cc2)cc1. The lowest BCUT2D eigenvalue weighted by molar-refractivity contribution is 0.102. The summed E-state index contributed by atoms with van der Waals surface area (Å²) < 4.78 is 5.77. The Kier molecular flexibility index (Phi) is 8.40. The van der Waals surface area contributed by atoms with E-state index in [-0.39, 0.29) is 11.8 Å². The molecule has 0 heterocycles. The number of hydrogen-bond acceptors (Lipinski definition) is 4. The summed E-state index contributed by atoms with van der Waals surface area (Å²) in [5, 5.41) is 5.70. The fourth-order valence-electron chi connectivity index (χ4n) is 3.17. The van der Waals surface area contributed by atoms with Gasteiger partial charge in [0.05, 0.1) is 0 Å². The third-order valence-corrected chi connectivity index (χ3v) is 5.12. The smallest absolute Gasteiger partial charge is 0.255 e. The number of carbonyl (C=O) groups is 2. The third-order valence-electron chi connectivity index (χ3n) is 5.12. The van der Waals surface area contributed by atoms with Crippen molar-refractivity contribution in [2.75, 3.05) is 36.9 Å². The molecule has 0 saturated heterocycles. The van der Waals surface area contributed by atoms with E-state index in [0.717, 1.165) is 25.4 Å². The van der Waals surface area contributed by atoms with Crippen molar-refractivity contribution >= 4 is 23.2 Å². The van der Waals surface area contributed by atoms with Gasteiger partial charge in [0.15, 0.2) is 0 Å². The van der Waals surface area contributed by atoms with Crippen molar-refractivity contribution < 1.29 is 14.3 Å². The Balaban J connectivity index is 1.50. The number of likely N-dealkylation sites (N-methyl/N-ethyl adjacent to an activating group) is 1. The molecule has 3 rings (SSSR count). The molecule has 0 bridgehead atoms. The molecule has 2 N–H and O–H groups in total. The second-order valence-electron chi connectivity index (χ2n) is 7.25. The molecule has 0 aromatic heterocycles. The molecule has 0 unspecified atom stereocenters. The van der Waals surface area contributed by atoms with E-state index < -0.39 is 0 Å². The first kappa shape index (κ1) is 23.0. The highest BCUT2D eigenvalue weighted by Crippen LogP contribution is 2.17. The van der Waals surface area contributed by atoms with Crippen LogP contribution in [0.3, 0.4) is 0 Å². The van der Waals surface area contributed by atoms with Crippen LogP contribution in [0.1, 0.15) is 34.6 Å². The number of amides is 2. The Morgan fingerprint density at radius 2 is 1.22 bits per heavy atom. The highest BCUT2D eigenvalue weighted by molar-refractivity contribution is 6.06. The molecule has 0 aliphatic heterocycles. The molecule has 0 aliphatic carbocycles. The predicted molar refractivity (Wildman–Crippen MR) is 129 cm³/mol. The van der Waals surface area contributed by atoms with Gasteiger partial charge >= 0.3 is 0 Å². The second-order valence-corrected chi connectivity index (χ2v) is 7.25. The van der Waals surface area contributed by atoms with Crippen LogP contribution >= 0.6 is 0 Å². The molecule has 0 atom stereocenters. The van der Waals surface area contributed by atoms with Gasteiger partial charge in [-0.05, 0) is 73.8 Å². The van der Waals surface area contributed by atoms with Crippen molar-refractivity contribution in [2.45, 2.75) is 13.8 Å². The van der Waals surface area contributed by atoms with Gasteiger partial charge in [0.1, 0.15) is 12.4 Å². The van der Waals surface area contributed by atoms with Gasteiger partial charge in [0.25, 0.3) is 11.8 Å². The molecule has 166 valence electrons. The number of nitrogens with zero attached hydrogens (tertiary/aromatic N) is 1. The Labute approximate surface area is 189 Å². The summed E-state index contributed by atoms with van der Waals surface area (Å²) in [6.07, 6.45) is 0. The number of ether oxygens (including phenoxy) is 1. The number of nitrogens with one attached hydrogen (secondary N) is 2. The van der Waals surface area contributed by atoms with Crippen LogP contribution in [0.4, 0.5) is 11.4 Å². The van der Waals surface area contributed by atoms with Crippen molar-refractivity contribution in [2.24, 2.45) is 0 Å². The van der Waals surface area contributed by atoms with Gasteiger partial charge in [-0.15, -0.1) is 0 Å². The van der Waals surface area contributed by atoms with E-state index in [4.69, 9.17) is 4.74 Å². The highest BCUT2D eigenvalue weighted by Gasteiger charge is 2.09. The van der Waals surface area contributed by atoms with E-state index in [2.05, 4.69) is 29.4 Å². The van der Waals surface area contributed by atoms with Crippen molar-refractivity contribution in [1.82, 2.24) is 4.90 Å². The van der Waals surface area contributed by atoms with Gasteiger partial charge in [0, 0.05) is 29.0 Å². The normalized spacial score (nSPS) is 10.6. The van der Waals surface area contributed by atoms with Crippen LogP contribution in [0.15, 0.2) is 78.9 Å². The van der Waals surface area contributed by atoms with Gasteiger partial charge in [-0.2, -0.15) is 0 Å². The monoisotopic (exact) mass is 431 g/mol. The molecule has 0 saturated carbocycles. The average molecular weight is 432 g/mol. The first-order valence-corrected chi connectivity index (χ1v) is 10.8. The van der Waals surface area contributed by atoms with Crippen molar-refractivity contribution in [1.29, 1.82) is 0 Å². The zero-order chi connectivity index (χ0) is 22.8. The van der Waals surface area contributed by atoms with E-state index in [1.165, 1.54) is 0 Å². The van der Waals surface area contributed by atoms with Gasteiger partial charge in [-0.3, -0.25) is 9.59 Å². The van der Waals surface area contributed by atoms with Gasteiger partial charge in [0.2, 0.25) is 0 Å². The first-order valence-electron chi connectivity index (χ1n) is 10.8. The number of anilines is 2. The number of hydrogen-bond donors (Lipinski definition) is 2. The second kappa shape index (κ2) is 11.7. The third kappa shape index (κ3) is 6.68. The largest absolute Gasteiger partial charge is 0.492 e. The summed E-state index contributed by atoms with van der Waals surface area (Å²) in [5.41, 5.74) is 2.39. The lowest BCUT2D eigenvalue weighted by Crippen LogP contribution is -2.27. The molecule has 3 aromatic carbocycles. The Morgan fingerprint density at radius 1 is 0.719 bits per heavy atom. The summed E-state index contributed by atoms with van der Waals surface area (Å²) in [7, 11) is 0. The highest BCUT2D eigenvalue weighted by atomic mass is 16.5. The first-order chi connectivity index (χ1) is 15.6. The molecule has 2 amide bonds. The summed E-state index contributed by atoms with van der Waals surface area (Å²) in [5.74, 6) is 0.358. The van der Waals surface area contributed by atoms with Crippen LogP contribution in [0.2, 0.25) is 0 Å². The molecule has 0 aliphatic rings. The number of carbonyl (C=O) groups excluding carboxylic acids is 2. The van der Waals surface area contributed by atoms with Crippen molar-refractivity contribution in [3.05, 3.63) is 90.0 Å². The number of benzene rings is 3. The molecule has 0 radical (unpaired) electrons. The molecule has 6 nitrogen and oxygen atoms in total. The fraction of sp³-hybridized carbons (Fsp3) is 0.231. The zero-order valence-electron chi connectivity index (χ0n) is 18.5. The fourth-order valence-corrected chi connectivity index (χ4v) is 3.17. The summed E-state index contributed by atoms with van der Waals surface area (Å²) in [6.45, 7) is 7.79. The minimum Gasteiger partial charge on any atom is -0.492 e. The molecule has 0 fully saturated rings. The lowest BCUT2D eigenvalue weighted by atomic mass is 10.1. The molecule has 0 spiro atoms. The molecule has 3 aromatic rings. The minimum atomic E-state index is -0.221. The van der Waals surface area contributed by atoms with Crippen LogP contribution in [0, 0.1) is 0 Å². The lowest BCUT2D eigenvalue weighted by Gasteiger charge is -2.18. The van der Waals surface area contributed by atoms with Crippen LogP contribution in [-0.4, -0.2) is 43.0 Å². The Morgan fingerprint density at radius 3 is 1.75 bits per heavy atom. The van der Waals surface area contributed by atoms with Crippen LogP contribution in [0.25, 0.3) is 0 Å². The molecular weight excluding hydrogens is 402 g/mol. The Bertz CT molecular complexity index is 999. The Hall–Kier alpha value is -3.64. The maximum absolute atomic E-state index is 12.5. The van der Waals surface area contributed by atoms with Crippen LogP contribution < -0.4 is 15.4 Å². The van der Waals surface area contributed by atoms with E-state index in [0.29, 0.717) is 29.1 Å². The molecular formula is C26H29N3O3. The standard InChI is InChI=1S/C26H29N3O3/c1-3-29(4-2)18-19-32-24-16-14-23(15-17-24)28-26(31)21-10-12-22(13-11-21)27-25(30)20-8-6-5-7-9-20/h5-17H,3-4,18-19H2,1-2H3,(H,27,30)(H,28,31). The summed E-state index contributed by atoms with van der Waals surface area (Å²) in [6, 6.07) is 23.1. The van der Waals surface area contributed by atoms with Crippen molar-refractivity contribution in [3.8, 4) is 5.75 Å². The van der Waals surface area contributed by atoms with E-state index in [1.807, 2.05) is 42.5 Å². The zero-order valence-corrected chi connectivity index (χ0v) is 18.5. The average Bonchev–Trinajstić information content (AvgIpc) is 2.84. The minimum absolute atomic E-state index is 0.192. The van der Waals surface area contributed by atoms with Gasteiger partial charge in [-0.25, -0.2) is 0 Å². The van der Waals surface area contributed by atoms with Crippen LogP contribution in [0.5, 0.6) is 5.75 Å².